The lowest BCUT2D eigenvalue weighted by atomic mass is 10.1. The maximum absolute atomic E-state index is 4.96. The van der Waals surface area contributed by atoms with Gasteiger partial charge in [-0.3, -0.25) is 0 Å². The van der Waals surface area contributed by atoms with E-state index in [1.54, 1.807) is 0 Å². The fourth-order valence-corrected chi connectivity index (χ4v) is 3.98. The Morgan fingerprint density at radius 3 is 2.15 bits per heavy atom. The lowest BCUT2D eigenvalue weighted by molar-refractivity contribution is 0.865. The van der Waals surface area contributed by atoms with Crippen LogP contribution in [-0.4, -0.2) is 40.4 Å². The molecule has 0 aliphatic carbocycles. The van der Waals surface area contributed by atoms with E-state index in [4.69, 9.17) is 15.0 Å². The summed E-state index contributed by atoms with van der Waals surface area (Å²) in [7, 11) is 0. The van der Waals surface area contributed by atoms with Crippen molar-refractivity contribution < 1.29 is 0 Å². The maximum atomic E-state index is 4.96. The summed E-state index contributed by atoms with van der Waals surface area (Å²) in [6.45, 7) is 16.6. The Morgan fingerprint density at radius 1 is 0.879 bits per heavy atom. The van der Waals surface area contributed by atoms with Gasteiger partial charge in [0.15, 0.2) is 5.84 Å². The molecule has 6 nitrogen and oxygen atoms in total. The molecule has 6 heteroatoms. The van der Waals surface area contributed by atoms with Crippen molar-refractivity contribution >= 4 is 28.9 Å². The predicted octanol–water partition coefficient (Wildman–Crippen LogP) is 5.71. The topological polar surface area (TPSA) is 58.1 Å². The van der Waals surface area contributed by atoms with Gasteiger partial charge in [0.2, 0.25) is 0 Å². The molecule has 1 aliphatic rings. The molecule has 0 N–H and O–H groups in total. The van der Waals surface area contributed by atoms with Crippen LogP contribution in [0.4, 0.5) is 11.4 Å². The number of aromatic nitrogens is 2. The Balaban J connectivity index is 1.81. The Hall–Kier alpha value is -3.54. The second-order valence-corrected chi connectivity index (χ2v) is 8.52. The molecule has 0 saturated carbocycles. The molecular weight excluding hydrogens is 408 g/mol. The Morgan fingerprint density at radius 2 is 1.58 bits per heavy atom. The Kier molecular flexibility index (Phi) is 6.27. The summed E-state index contributed by atoms with van der Waals surface area (Å²) in [4.78, 5) is 17.0. The fourth-order valence-electron chi connectivity index (χ4n) is 3.98. The first kappa shape index (κ1) is 22.6. The molecule has 2 aromatic carbocycles. The first-order valence-electron chi connectivity index (χ1n) is 11.5. The molecule has 1 aliphatic heterocycles. The highest BCUT2D eigenvalue weighted by Crippen LogP contribution is 2.26. The minimum atomic E-state index is 0.551. The number of amidine groups is 1. The molecule has 0 saturated heterocycles. The van der Waals surface area contributed by atoms with Gasteiger partial charge < -0.3 is 4.90 Å². The van der Waals surface area contributed by atoms with Crippen LogP contribution in [0.1, 0.15) is 47.5 Å². The van der Waals surface area contributed by atoms with E-state index in [0.29, 0.717) is 11.8 Å². The van der Waals surface area contributed by atoms with E-state index in [1.807, 2.05) is 18.5 Å². The summed E-state index contributed by atoms with van der Waals surface area (Å²) in [5.41, 5.74) is 9.36. The summed E-state index contributed by atoms with van der Waals surface area (Å²) in [5.74, 6) is 1.16. The van der Waals surface area contributed by atoms with Gasteiger partial charge in [-0.2, -0.15) is 10.1 Å². The minimum Gasteiger partial charge on any atom is -0.372 e. The smallest absolute Gasteiger partial charge is 0.253 e. The molecule has 0 amide bonds. The largest absolute Gasteiger partial charge is 0.372 e. The summed E-state index contributed by atoms with van der Waals surface area (Å²) < 4.78 is 1.82. The first-order chi connectivity index (χ1) is 15.8. The van der Waals surface area contributed by atoms with Crippen LogP contribution in [0, 0.1) is 34.6 Å². The van der Waals surface area contributed by atoms with Gasteiger partial charge in [0, 0.05) is 30.0 Å². The zero-order valence-corrected chi connectivity index (χ0v) is 20.6. The highest BCUT2D eigenvalue weighted by Gasteiger charge is 2.24. The minimum absolute atomic E-state index is 0.551. The summed E-state index contributed by atoms with van der Waals surface area (Å²) in [6, 6.07) is 14.7. The van der Waals surface area contributed by atoms with E-state index in [2.05, 4.69) is 87.1 Å². The van der Waals surface area contributed by atoms with Crippen LogP contribution >= 0.6 is 0 Å². The molecule has 1 aromatic heterocycles. The third-order valence-corrected chi connectivity index (χ3v) is 6.33. The van der Waals surface area contributed by atoms with Crippen molar-refractivity contribution in [3.8, 4) is 0 Å². The van der Waals surface area contributed by atoms with Crippen molar-refractivity contribution in [1.29, 1.82) is 0 Å². The van der Waals surface area contributed by atoms with Gasteiger partial charge in [-0.15, -0.1) is 0 Å². The predicted molar refractivity (Wildman–Crippen MR) is 139 cm³/mol. The number of rotatable bonds is 5. The summed E-state index contributed by atoms with van der Waals surface area (Å²) >= 11 is 0. The lowest BCUT2D eigenvalue weighted by Gasteiger charge is -2.21. The van der Waals surface area contributed by atoms with E-state index >= 15 is 0 Å². The third kappa shape index (κ3) is 4.38. The standard InChI is InChI=1S/C27H32N6/c1-8-32(9-2)23-14-15-24(18(4)16-23)28-26-25(22-12-10-17(3)11-13-22)29-27(30-26)33-21(7)19(5)20(6)31-33/h10-16H,8-9H2,1-7H3. The van der Waals surface area contributed by atoms with Crippen LogP contribution < -0.4 is 4.90 Å². The zero-order valence-electron chi connectivity index (χ0n) is 20.6. The number of aryl methyl sites for hydroxylation is 3. The van der Waals surface area contributed by atoms with Crippen LogP contribution in [0.5, 0.6) is 0 Å². The van der Waals surface area contributed by atoms with Crippen molar-refractivity contribution in [2.24, 2.45) is 15.0 Å². The molecule has 0 atom stereocenters. The van der Waals surface area contributed by atoms with Crippen molar-refractivity contribution in [3.05, 3.63) is 76.1 Å². The van der Waals surface area contributed by atoms with Crippen LogP contribution in [0.2, 0.25) is 0 Å². The second kappa shape index (κ2) is 9.14. The highest BCUT2D eigenvalue weighted by molar-refractivity contribution is 6.53. The lowest BCUT2D eigenvalue weighted by Crippen LogP contribution is -2.21. The monoisotopic (exact) mass is 440 g/mol. The maximum Gasteiger partial charge on any atom is 0.253 e. The SMILES string of the molecule is CCN(CC)c1ccc(N=C2N=C(n3nc(C)c(C)c3C)N=C2c2ccc(C)cc2)c(C)c1. The number of hydrogen-bond acceptors (Lipinski definition) is 4. The number of nitrogens with zero attached hydrogens (tertiary/aromatic N) is 6. The molecule has 33 heavy (non-hydrogen) atoms. The van der Waals surface area contributed by atoms with Gasteiger partial charge in [0.25, 0.3) is 5.96 Å². The van der Waals surface area contributed by atoms with E-state index < -0.39 is 0 Å². The van der Waals surface area contributed by atoms with E-state index in [-0.39, 0.29) is 0 Å². The molecule has 0 fully saturated rings. The average molecular weight is 441 g/mol. The second-order valence-electron chi connectivity index (χ2n) is 8.52. The van der Waals surface area contributed by atoms with Crippen LogP contribution in [0.15, 0.2) is 57.4 Å². The Bertz CT molecular complexity index is 1270. The molecular formula is C27H32N6. The molecule has 0 bridgehead atoms. The first-order valence-corrected chi connectivity index (χ1v) is 11.5. The number of aliphatic imine (C=N–C) groups is 3. The molecule has 3 aromatic rings. The molecule has 2 heterocycles. The van der Waals surface area contributed by atoms with Gasteiger partial charge in [-0.05, 0) is 77.8 Å². The quantitative estimate of drug-likeness (QED) is 0.510. The molecule has 170 valence electrons. The Labute approximate surface area is 196 Å². The van der Waals surface area contributed by atoms with Crippen LogP contribution in [0.3, 0.4) is 0 Å². The van der Waals surface area contributed by atoms with Crippen molar-refractivity contribution in [1.82, 2.24) is 9.78 Å². The number of benzene rings is 2. The molecule has 0 unspecified atom stereocenters. The molecule has 4 rings (SSSR count). The fraction of sp³-hybridized carbons (Fsp3) is 0.333. The molecule has 0 spiro atoms. The third-order valence-electron chi connectivity index (χ3n) is 6.33. The van der Waals surface area contributed by atoms with Gasteiger partial charge >= 0.3 is 0 Å². The van der Waals surface area contributed by atoms with Gasteiger partial charge in [-0.25, -0.2) is 14.7 Å². The number of hydrogen-bond donors (Lipinski definition) is 0. The van der Waals surface area contributed by atoms with Gasteiger partial charge in [0.1, 0.15) is 5.71 Å². The van der Waals surface area contributed by atoms with Crippen LogP contribution in [0.25, 0.3) is 0 Å². The average Bonchev–Trinajstić information content (AvgIpc) is 3.33. The summed E-state index contributed by atoms with van der Waals surface area (Å²) in [6.07, 6.45) is 0. The van der Waals surface area contributed by atoms with Crippen LogP contribution in [-0.2, 0) is 0 Å². The highest BCUT2D eigenvalue weighted by atomic mass is 15.4. The van der Waals surface area contributed by atoms with Gasteiger partial charge in [0.05, 0.1) is 11.4 Å². The normalized spacial score (nSPS) is 14.6. The molecule has 0 radical (unpaired) electrons. The van der Waals surface area contributed by atoms with Crippen molar-refractivity contribution in [2.45, 2.75) is 48.5 Å². The van der Waals surface area contributed by atoms with Gasteiger partial charge in [-0.1, -0.05) is 29.8 Å². The van der Waals surface area contributed by atoms with E-state index in [0.717, 1.165) is 52.6 Å². The van der Waals surface area contributed by atoms with E-state index in [9.17, 15) is 0 Å². The van der Waals surface area contributed by atoms with Crippen molar-refractivity contribution in [3.63, 3.8) is 0 Å². The zero-order chi connectivity index (χ0) is 23.7. The van der Waals surface area contributed by atoms with Crippen molar-refractivity contribution in [2.75, 3.05) is 18.0 Å². The number of anilines is 1. The summed E-state index contributed by atoms with van der Waals surface area (Å²) in [5, 5.41) is 4.66. The van der Waals surface area contributed by atoms with E-state index in [1.165, 1.54) is 11.3 Å².